The third-order valence-corrected chi connectivity index (χ3v) is 5.74. The van der Waals surface area contributed by atoms with Gasteiger partial charge in [0.2, 0.25) is 0 Å². The van der Waals surface area contributed by atoms with Gasteiger partial charge in [-0.05, 0) is 43.6 Å². The number of piperidine rings is 1. The number of methoxy groups -OCH3 is 2. The van der Waals surface area contributed by atoms with E-state index in [9.17, 15) is 9.59 Å². The van der Waals surface area contributed by atoms with Gasteiger partial charge in [-0.1, -0.05) is 48.9 Å². The molecule has 0 spiro atoms. The fraction of sp³-hybridized carbons (Fsp3) is 0.320. The predicted octanol–water partition coefficient (Wildman–Crippen LogP) is 4.10. The molecule has 0 amide bonds. The molecular formula is C25H27N3O4. The van der Waals surface area contributed by atoms with Crippen molar-refractivity contribution in [2.45, 2.75) is 25.8 Å². The van der Waals surface area contributed by atoms with Crippen LogP contribution in [0.2, 0.25) is 0 Å². The fourth-order valence-corrected chi connectivity index (χ4v) is 4.10. The zero-order valence-corrected chi connectivity index (χ0v) is 18.4. The Morgan fingerprint density at radius 1 is 0.875 bits per heavy atom. The largest absolute Gasteiger partial charge is 0.465 e. The number of likely N-dealkylation sites (tertiary alicyclic amines) is 1. The summed E-state index contributed by atoms with van der Waals surface area (Å²) in [7, 11) is 2.57. The van der Waals surface area contributed by atoms with E-state index < -0.39 is 11.9 Å². The lowest BCUT2D eigenvalue weighted by molar-refractivity contribution is 0.0549. The van der Waals surface area contributed by atoms with Crippen LogP contribution in [0.3, 0.4) is 0 Å². The number of carbonyl (C=O) groups excluding carboxylic acids is 2. The number of benzene rings is 2. The van der Waals surface area contributed by atoms with E-state index in [2.05, 4.69) is 10.00 Å². The van der Waals surface area contributed by atoms with Crippen molar-refractivity contribution in [3.05, 3.63) is 71.4 Å². The van der Waals surface area contributed by atoms with E-state index >= 15 is 0 Å². The SMILES string of the molecule is COC(=O)c1c(-c2ccc(CN3CCCCC3)cc2)nn(-c2ccccc2)c1C(=O)OC. The van der Waals surface area contributed by atoms with Crippen molar-refractivity contribution in [1.29, 1.82) is 0 Å². The molecule has 7 heteroatoms. The van der Waals surface area contributed by atoms with Gasteiger partial charge in [-0.25, -0.2) is 14.3 Å². The van der Waals surface area contributed by atoms with Crippen LogP contribution in [0.15, 0.2) is 54.6 Å². The van der Waals surface area contributed by atoms with E-state index in [0.29, 0.717) is 11.4 Å². The first-order valence-corrected chi connectivity index (χ1v) is 10.8. The maximum atomic E-state index is 12.7. The first-order chi connectivity index (χ1) is 15.6. The van der Waals surface area contributed by atoms with E-state index in [1.165, 1.54) is 43.7 Å². The quantitative estimate of drug-likeness (QED) is 0.545. The molecule has 0 saturated carbocycles. The summed E-state index contributed by atoms with van der Waals surface area (Å²) in [6.07, 6.45) is 3.79. The summed E-state index contributed by atoms with van der Waals surface area (Å²) < 4.78 is 11.4. The van der Waals surface area contributed by atoms with Gasteiger partial charge in [0.25, 0.3) is 0 Å². The average molecular weight is 434 g/mol. The van der Waals surface area contributed by atoms with E-state index in [0.717, 1.165) is 25.2 Å². The summed E-state index contributed by atoms with van der Waals surface area (Å²) in [6, 6.07) is 17.1. The van der Waals surface area contributed by atoms with E-state index in [1.54, 1.807) is 0 Å². The van der Waals surface area contributed by atoms with E-state index in [4.69, 9.17) is 9.47 Å². The van der Waals surface area contributed by atoms with Gasteiger partial charge in [0.15, 0.2) is 5.69 Å². The number of hydrogen-bond donors (Lipinski definition) is 0. The number of ether oxygens (including phenoxy) is 2. The molecule has 2 aromatic carbocycles. The molecule has 1 aromatic heterocycles. The predicted molar refractivity (Wildman–Crippen MR) is 121 cm³/mol. The Morgan fingerprint density at radius 2 is 1.53 bits per heavy atom. The summed E-state index contributed by atoms with van der Waals surface area (Å²) in [6.45, 7) is 3.15. The van der Waals surface area contributed by atoms with Crippen molar-refractivity contribution < 1.29 is 19.1 Å². The zero-order valence-electron chi connectivity index (χ0n) is 18.4. The smallest absolute Gasteiger partial charge is 0.357 e. The monoisotopic (exact) mass is 433 g/mol. The van der Waals surface area contributed by atoms with Crippen LogP contribution in [-0.4, -0.2) is 53.9 Å². The minimum absolute atomic E-state index is 0.0398. The molecule has 0 atom stereocenters. The molecule has 1 aliphatic heterocycles. The standard InChI is InChI=1S/C25H27N3O4/c1-31-24(29)21-22(19-13-11-18(12-14-19)17-27-15-7-4-8-16-27)26-28(23(21)25(30)32-2)20-9-5-3-6-10-20/h3,5-6,9-14H,4,7-8,15-17H2,1-2H3. The van der Waals surface area contributed by atoms with Gasteiger partial charge < -0.3 is 9.47 Å². The lowest BCUT2D eigenvalue weighted by atomic mass is 10.0. The summed E-state index contributed by atoms with van der Waals surface area (Å²) in [5.74, 6) is -1.30. The van der Waals surface area contributed by atoms with Gasteiger partial charge in [-0.2, -0.15) is 5.10 Å². The lowest BCUT2D eigenvalue weighted by Gasteiger charge is -2.26. The van der Waals surface area contributed by atoms with Crippen molar-refractivity contribution in [3.8, 4) is 16.9 Å². The minimum atomic E-state index is -0.658. The molecular weight excluding hydrogens is 406 g/mol. The van der Waals surface area contributed by atoms with Crippen molar-refractivity contribution in [2.24, 2.45) is 0 Å². The van der Waals surface area contributed by atoms with E-state index in [-0.39, 0.29) is 11.3 Å². The number of carbonyl (C=O) groups is 2. The van der Waals surface area contributed by atoms with Crippen LogP contribution < -0.4 is 0 Å². The van der Waals surface area contributed by atoms with Crippen LogP contribution in [0.5, 0.6) is 0 Å². The summed E-state index contributed by atoms with van der Waals surface area (Å²) in [5, 5.41) is 4.64. The summed E-state index contributed by atoms with van der Waals surface area (Å²) in [5.41, 5.74) is 3.08. The minimum Gasteiger partial charge on any atom is -0.465 e. The Labute approximate surface area is 187 Å². The highest BCUT2D eigenvalue weighted by Gasteiger charge is 2.31. The van der Waals surface area contributed by atoms with Gasteiger partial charge in [-0.15, -0.1) is 0 Å². The number of nitrogens with zero attached hydrogens (tertiary/aromatic N) is 3. The van der Waals surface area contributed by atoms with Gasteiger partial charge in [-0.3, -0.25) is 4.90 Å². The number of esters is 2. The normalized spacial score (nSPS) is 14.2. The summed E-state index contributed by atoms with van der Waals surface area (Å²) >= 11 is 0. The maximum Gasteiger partial charge on any atom is 0.357 e. The molecule has 0 N–H and O–H groups in total. The van der Waals surface area contributed by atoms with Crippen LogP contribution >= 0.6 is 0 Å². The maximum absolute atomic E-state index is 12.7. The van der Waals surface area contributed by atoms with Crippen LogP contribution in [0.4, 0.5) is 0 Å². The van der Waals surface area contributed by atoms with Crippen molar-refractivity contribution in [2.75, 3.05) is 27.3 Å². The Hall–Kier alpha value is -3.45. The molecule has 32 heavy (non-hydrogen) atoms. The molecule has 0 aliphatic carbocycles. The molecule has 0 radical (unpaired) electrons. The van der Waals surface area contributed by atoms with Crippen LogP contribution in [0.1, 0.15) is 45.7 Å². The first kappa shape index (κ1) is 21.8. The first-order valence-electron chi connectivity index (χ1n) is 10.8. The highest BCUT2D eigenvalue weighted by atomic mass is 16.5. The second-order valence-electron chi connectivity index (χ2n) is 7.84. The molecule has 166 valence electrons. The van der Waals surface area contributed by atoms with Gasteiger partial charge in [0, 0.05) is 12.1 Å². The fourth-order valence-electron chi connectivity index (χ4n) is 4.10. The molecule has 0 unspecified atom stereocenters. The Morgan fingerprint density at radius 3 is 2.16 bits per heavy atom. The average Bonchev–Trinajstić information content (AvgIpc) is 3.25. The number of rotatable bonds is 6. The molecule has 7 nitrogen and oxygen atoms in total. The second-order valence-corrected chi connectivity index (χ2v) is 7.84. The van der Waals surface area contributed by atoms with E-state index in [1.807, 2.05) is 54.6 Å². The Kier molecular flexibility index (Phi) is 6.66. The number of hydrogen-bond acceptors (Lipinski definition) is 6. The Balaban J connectivity index is 1.76. The van der Waals surface area contributed by atoms with Gasteiger partial charge in [0.05, 0.1) is 19.9 Å². The zero-order chi connectivity index (χ0) is 22.5. The molecule has 0 bridgehead atoms. The molecule has 1 aliphatic rings. The molecule has 4 rings (SSSR count). The topological polar surface area (TPSA) is 73.7 Å². The third kappa shape index (κ3) is 4.43. The number of para-hydroxylation sites is 1. The molecule has 2 heterocycles. The van der Waals surface area contributed by atoms with Crippen molar-refractivity contribution in [3.63, 3.8) is 0 Å². The van der Waals surface area contributed by atoms with Gasteiger partial charge >= 0.3 is 11.9 Å². The lowest BCUT2D eigenvalue weighted by Crippen LogP contribution is -2.29. The van der Waals surface area contributed by atoms with Crippen molar-refractivity contribution >= 4 is 11.9 Å². The van der Waals surface area contributed by atoms with Crippen LogP contribution in [0, 0.1) is 0 Å². The molecule has 3 aromatic rings. The third-order valence-electron chi connectivity index (χ3n) is 5.74. The number of aromatic nitrogens is 2. The van der Waals surface area contributed by atoms with Crippen LogP contribution in [0.25, 0.3) is 16.9 Å². The van der Waals surface area contributed by atoms with Crippen molar-refractivity contribution in [1.82, 2.24) is 14.7 Å². The van der Waals surface area contributed by atoms with Crippen LogP contribution in [-0.2, 0) is 16.0 Å². The Bertz CT molecular complexity index is 1080. The highest BCUT2D eigenvalue weighted by Crippen LogP contribution is 2.29. The second kappa shape index (κ2) is 9.78. The molecule has 1 fully saturated rings. The highest BCUT2D eigenvalue weighted by molar-refractivity contribution is 6.06. The summed E-state index contributed by atoms with van der Waals surface area (Å²) in [4.78, 5) is 27.9. The van der Waals surface area contributed by atoms with Gasteiger partial charge in [0.1, 0.15) is 11.3 Å². The molecule has 1 saturated heterocycles.